The van der Waals surface area contributed by atoms with E-state index < -0.39 is 11.7 Å². The van der Waals surface area contributed by atoms with Gasteiger partial charge in [-0.25, -0.2) is 9.50 Å². The van der Waals surface area contributed by atoms with Crippen LogP contribution in [0.15, 0.2) is 12.3 Å². The second kappa shape index (κ2) is 3.70. The van der Waals surface area contributed by atoms with Crippen LogP contribution in [0.25, 0.3) is 5.65 Å². The molecule has 0 atom stereocenters. The van der Waals surface area contributed by atoms with Crippen molar-refractivity contribution in [2.75, 3.05) is 0 Å². The Balaban J connectivity index is 2.19. The van der Waals surface area contributed by atoms with Crippen LogP contribution in [0.2, 0.25) is 0 Å². The number of aryl methyl sites for hydroxylation is 1. The second-order valence-electron chi connectivity index (χ2n) is 4.62. The van der Waals surface area contributed by atoms with Gasteiger partial charge < -0.3 is 0 Å². The van der Waals surface area contributed by atoms with Crippen molar-refractivity contribution >= 4 is 5.65 Å². The molecule has 1 saturated carbocycles. The summed E-state index contributed by atoms with van der Waals surface area (Å²) in [5.74, 6) is 1.01. The van der Waals surface area contributed by atoms with Gasteiger partial charge in [-0.2, -0.15) is 18.3 Å². The van der Waals surface area contributed by atoms with Gasteiger partial charge in [-0.15, -0.1) is 0 Å². The van der Waals surface area contributed by atoms with Crippen molar-refractivity contribution in [2.45, 2.75) is 38.3 Å². The molecule has 0 saturated heterocycles. The highest BCUT2D eigenvalue weighted by Gasteiger charge is 2.33. The summed E-state index contributed by atoms with van der Waals surface area (Å²) in [6.45, 7) is 1.82. The highest BCUT2D eigenvalue weighted by Crippen LogP contribution is 2.38. The number of aromatic nitrogens is 3. The van der Waals surface area contributed by atoms with E-state index in [0.717, 1.165) is 19.0 Å². The summed E-state index contributed by atoms with van der Waals surface area (Å²) < 4.78 is 39.5. The van der Waals surface area contributed by atoms with Crippen LogP contribution in [0, 0.1) is 0 Å². The van der Waals surface area contributed by atoms with Crippen molar-refractivity contribution in [3.8, 4) is 0 Å². The highest BCUT2D eigenvalue weighted by molar-refractivity contribution is 5.49. The molecule has 0 N–H and O–H groups in total. The van der Waals surface area contributed by atoms with E-state index in [1.165, 1.54) is 10.6 Å². The molecule has 0 aromatic carbocycles. The lowest BCUT2D eigenvalue weighted by atomic mass is 10.1. The first-order valence-electron chi connectivity index (χ1n) is 5.95. The zero-order chi connectivity index (χ0) is 12.9. The maximum absolute atomic E-state index is 12.7. The molecule has 1 aliphatic carbocycles. The molecule has 3 nitrogen and oxygen atoms in total. The van der Waals surface area contributed by atoms with E-state index in [2.05, 4.69) is 10.1 Å². The third-order valence-electron chi connectivity index (χ3n) is 3.18. The Morgan fingerprint density at radius 3 is 2.67 bits per heavy atom. The molecule has 0 spiro atoms. The van der Waals surface area contributed by atoms with E-state index in [1.807, 2.05) is 6.92 Å². The first kappa shape index (κ1) is 11.5. The fraction of sp³-hybridized carbons (Fsp3) is 0.500. The van der Waals surface area contributed by atoms with Gasteiger partial charge in [0.05, 0.1) is 5.56 Å². The number of pyridine rings is 1. The molecule has 1 aliphatic rings. The van der Waals surface area contributed by atoms with Gasteiger partial charge in [-0.3, -0.25) is 0 Å². The van der Waals surface area contributed by atoms with E-state index in [4.69, 9.17) is 0 Å². The van der Waals surface area contributed by atoms with E-state index in [0.29, 0.717) is 29.4 Å². The van der Waals surface area contributed by atoms with Crippen LogP contribution in [-0.2, 0) is 12.6 Å². The van der Waals surface area contributed by atoms with Crippen LogP contribution in [0.5, 0.6) is 0 Å². The summed E-state index contributed by atoms with van der Waals surface area (Å²) in [5, 5.41) is 4.16. The normalized spacial score (nSPS) is 16.4. The lowest BCUT2D eigenvalue weighted by Gasteiger charge is -2.08. The molecule has 0 aliphatic heterocycles. The van der Waals surface area contributed by atoms with E-state index >= 15 is 0 Å². The minimum absolute atomic E-state index is 0.337. The van der Waals surface area contributed by atoms with Crippen molar-refractivity contribution in [3.05, 3.63) is 29.2 Å². The predicted molar refractivity (Wildman–Crippen MR) is 59.3 cm³/mol. The predicted octanol–water partition coefficient (Wildman–Crippen LogP) is 3.19. The number of nitrogens with zero attached hydrogens (tertiary/aromatic N) is 3. The lowest BCUT2D eigenvalue weighted by Crippen LogP contribution is -2.08. The summed E-state index contributed by atoms with van der Waals surface area (Å²) in [6.07, 6.45) is -0.748. The molecule has 2 aromatic heterocycles. The Labute approximate surface area is 102 Å². The third kappa shape index (κ3) is 1.85. The van der Waals surface area contributed by atoms with Gasteiger partial charge in [0.15, 0.2) is 11.5 Å². The average Bonchev–Trinajstić information content (AvgIpc) is 3.06. The van der Waals surface area contributed by atoms with Crippen molar-refractivity contribution in [1.29, 1.82) is 0 Å². The molecule has 2 heterocycles. The fourth-order valence-electron chi connectivity index (χ4n) is 2.00. The van der Waals surface area contributed by atoms with Crippen molar-refractivity contribution in [3.63, 3.8) is 0 Å². The topological polar surface area (TPSA) is 30.2 Å². The van der Waals surface area contributed by atoms with E-state index in [1.54, 1.807) is 0 Å². The summed E-state index contributed by atoms with van der Waals surface area (Å²) in [7, 11) is 0. The Bertz CT molecular complexity index is 596. The molecule has 3 rings (SSSR count). The second-order valence-corrected chi connectivity index (χ2v) is 4.62. The first-order valence-corrected chi connectivity index (χ1v) is 5.95. The molecular formula is C12H12F3N3. The standard InChI is InChI=1S/C12H12F3N3/c1-2-7-5-9(12(13,14)15)6-18-11(7)16-10(17-18)8-3-4-8/h5-6,8H,2-4H2,1H3. The van der Waals surface area contributed by atoms with Crippen LogP contribution in [0.3, 0.4) is 0 Å². The average molecular weight is 255 g/mol. The maximum atomic E-state index is 12.7. The lowest BCUT2D eigenvalue weighted by molar-refractivity contribution is -0.138. The maximum Gasteiger partial charge on any atom is 0.417 e. The molecule has 0 unspecified atom stereocenters. The minimum atomic E-state index is -4.34. The Morgan fingerprint density at radius 1 is 1.39 bits per heavy atom. The molecule has 1 fully saturated rings. The van der Waals surface area contributed by atoms with Gasteiger partial charge >= 0.3 is 6.18 Å². The third-order valence-corrected chi connectivity index (χ3v) is 3.18. The van der Waals surface area contributed by atoms with E-state index in [-0.39, 0.29) is 0 Å². The molecular weight excluding hydrogens is 243 g/mol. The zero-order valence-corrected chi connectivity index (χ0v) is 9.83. The molecule has 0 radical (unpaired) electrons. The molecule has 2 aromatic rings. The molecule has 0 bridgehead atoms. The molecule has 0 amide bonds. The van der Waals surface area contributed by atoms with Crippen LogP contribution in [0.4, 0.5) is 13.2 Å². The molecule has 6 heteroatoms. The molecule has 18 heavy (non-hydrogen) atoms. The SMILES string of the molecule is CCc1cc(C(F)(F)F)cn2nc(C3CC3)nc12. The summed E-state index contributed by atoms with van der Waals surface area (Å²) in [4.78, 5) is 4.35. The van der Waals surface area contributed by atoms with Crippen LogP contribution in [0.1, 0.15) is 42.6 Å². The van der Waals surface area contributed by atoms with E-state index in [9.17, 15) is 13.2 Å². The molecule has 96 valence electrons. The first-order chi connectivity index (χ1) is 8.49. The number of alkyl halides is 3. The van der Waals surface area contributed by atoms with Gasteiger partial charge in [0.2, 0.25) is 0 Å². The van der Waals surface area contributed by atoms with Crippen LogP contribution < -0.4 is 0 Å². The Morgan fingerprint density at radius 2 is 2.11 bits per heavy atom. The highest BCUT2D eigenvalue weighted by atomic mass is 19.4. The van der Waals surface area contributed by atoms with Gasteiger partial charge in [-0.1, -0.05) is 6.92 Å². The Hall–Kier alpha value is -1.59. The van der Waals surface area contributed by atoms with Gasteiger partial charge in [-0.05, 0) is 30.9 Å². The zero-order valence-electron chi connectivity index (χ0n) is 9.83. The summed E-state index contributed by atoms with van der Waals surface area (Å²) in [6, 6.07) is 1.17. The smallest absolute Gasteiger partial charge is 0.220 e. The van der Waals surface area contributed by atoms with Crippen molar-refractivity contribution in [2.24, 2.45) is 0 Å². The van der Waals surface area contributed by atoms with Gasteiger partial charge in [0.1, 0.15) is 0 Å². The summed E-state index contributed by atoms with van der Waals surface area (Å²) >= 11 is 0. The number of rotatable bonds is 2. The Kier molecular flexibility index (Phi) is 2.36. The minimum Gasteiger partial charge on any atom is -0.220 e. The largest absolute Gasteiger partial charge is 0.417 e. The number of halogens is 3. The monoisotopic (exact) mass is 255 g/mol. The van der Waals surface area contributed by atoms with Crippen molar-refractivity contribution in [1.82, 2.24) is 14.6 Å². The number of fused-ring (bicyclic) bond motifs is 1. The van der Waals surface area contributed by atoms with Gasteiger partial charge in [0, 0.05) is 12.1 Å². The van der Waals surface area contributed by atoms with Crippen LogP contribution in [-0.4, -0.2) is 14.6 Å². The summed E-state index contributed by atoms with van der Waals surface area (Å²) in [5.41, 5.74) is 0.468. The van der Waals surface area contributed by atoms with Crippen molar-refractivity contribution < 1.29 is 13.2 Å². The quantitative estimate of drug-likeness (QED) is 0.825. The van der Waals surface area contributed by atoms with Crippen LogP contribution >= 0.6 is 0 Å². The van der Waals surface area contributed by atoms with Gasteiger partial charge in [0.25, 0.3) is 0 Å². The number of hydrogen-bond donors (Lipinski definition) is 0. The number of hydrogen-bond acceptors (Lipinski definition) is 2. The fourth-order valence-corrected chi connectivity index (χ4v) is 2.00.